The van der Waals surface area contributed by atoms with E-state index >= 15 is 0 Å². The summed E-state index contributed by atoms with van der Waals surface area (Å²) in [6.07, 6.45) is 3.35. The number of pyridine rings is 1. The Labute approximate surface area is 163 Å². The first kappa shape index (κ1) is 17.9. The average molecular weight is 397 g/mol. The van der Waals surface area contributed by atoms with E-state index in [0.717, 1.165) is 16.9 Å². The molecule has 0 spiro atoms. The highest BCUT2D eigenvalue weighted by Crippen LogP contribution is 2.38. The number of primary amides is 1. The molecule has 0 unspecified atom stereocenters. The monoisotopic (exact) mass is 397 g/mol. The number of carbonyl (C=O) groups excluding carboxylic acids is 1. The highest BCUT2D eigenvalue weighted by molar-refractivity contribution is 7.13. The number of thiazole rings is 1. The van der Waals surface area contributed by atoms with Gasteiger partial charge in [0.2, 0.25) is 5.95 Å². The van der Waals surface area contributed by atoms with Gasteiger partial charge in [0.25, 0.3) is 5.91 Å². The first-order chi connectivity index (χ1) is 13.3. The second kappa shape index (κ2) is 6.31. The van der Waals surface area contributed by atoms with Crippen LogP contribution < -0.4 is 11.5 Å². The molecule has 3 heterocycles. The standard InChI is InChI=1S/C19H16FN5O2S/c1-8-3-4-12(26)9(2)14(8)10-5-25-6-11(19-24-13(20)7-28-19)23-18(25)15(16(10)21)17(22)27/h3-7,26H,21H2,1-2H3,(H2,22,27). The number of benzene rings is 1. The minimum absolute atomic E-state index is 0.0583. The molecule has 0 atom stereocenters. The summed E-state index contributed by atoms with van der Waals surface area (Å²) in [7, 11) is 0. The van der Waals surface area contributed by atoms with E-state index in [4.69, 9.17) is 11.5 Å². The van der Waals surface area contributed by atoms with Gasteiger partial charge in [-0.15, -0.1) is 11.3 Å². The lowest BCUT2D eigenvalue weighted by atomic mass is 9.93. The van der Waals surface area contributed by atoms with E-state index in [1.807, 2.05) is 6.92 Å². The van der Waals surface area contributed by atoms with Gasteiger partial charge in [0.05, 0.1) is 5.69 Å². The number of nitrogen functional groups attached to an aromatic ring is 1. The molecule has 142 valence electrons. The summed E-state index contributed by atoms with van der Waals surface area (Å²) in [5.74, 6) is -1.22. The molecule has 0 aliphatic rings. The number of hydrogen-bond donors (Lipinski definition) is 3. The molecule has 0 saturated carbocycles. The number of phenolic OH excluding ortho intramolecular Hbond substituents is 1. The molecule has 1 amide bonds. The van der Waals surface area contributed by atoms with Crippen molar-refractivity contribution in [1.29, 1.82) is 0 Å². The van der Waals surface area contributed by atoms with Gasteiger partial charge in [-0.05, 0) is 36.6 Å². The molecule has 0 radical (unpaired) electrons. The third kappa shape index (κ3) is 2.67. The zero-order valence-electron chi connectivity index (χ0n) is 15.0. The molecule has 5 N–H and O–H groups in total. The Hall–Kier alpha value is -3.46. The van der Waals surface area contributed by atoms with E-state index in [2.05, 4.69) is 9.97 Å². The van der Waals surface area contributed by atoms with Crippen molar-refractivity contribution in [2.45, 2.75) is 13.8 Å². The van der Waals surface area contributed by atoms with Gasteiger partial charge in [0.1, 0.15) is 22.0 Å². The molecule has 0 aliphatic carbocycles. The number of halogens is 1. The van der Waals surface area contributed by atoms with Crippen LogP contribution in [0.2, 0.25) is 0 Å². The first-order valence-electron chi connectivity index (χ1n) is 8.30. The fourth-order valence-electron chi connectivity index (χ4n) is 3.31. The summed E-state index contributed by atoms with van der Waals surface area (Å²) in [5.41, 5.74) is 15.5. The number of nitrogens with zero attached hydrogens (tertiary/aromatic N) is 3. The van der Waals surface area contributed by atoms with E-state index < -0.39 is 11.9 Å². The molecule has 4 aromatic rings. The molecule has 3 aromatic heterocycles. The third-order valence-electron chi connectivity index (χ3n) is 4.64. The van der Waals surface area contributed by atoms with Crippen LogP contribution in [0.5, 0.6) is 5.75 Å². The molecule has 1 aromatic carbocycles. The van der Waals surface area contributed by atoms with E-state index in [1.165, 1.54) is 5.38 Å². The Kier molecular flexibility index (Phi) is 4.04. The predicted octanol–water partition coefficient (Wildman–Crippen LogP) is 3.27. The quantitative estimate of drug-likeness (QED) is 0.490. The summed E-state index contributed by atoms with van der Waals surface area (Å²) < 4.78 is 14.9. The number of amides is 1. The Morgan fingerprint density at radius 1 is 1.25 bits per heavy atom. The molecule has 0 fully saturated rings. The second-order valence-corrected chi connectivity index (χ2v) is 7.29. The van der Waals surface area contributed by atoms with Crippen LogP contribution in [0.25, 0.3) is 27.5 Å². The maximum Gasteiger partial charge on any atom is 0.254 e. The Morgan fingerprint density at radius 3 is 2.64 bits per heavy atom. The number of aryl methyl sites for hydroxylation is 1. The van der Waals surface area contributed by atoms with Crippen molar-refractivity contribution in [2.75, 3.05) is 5.73 Å². The van der Waals surface area contributed by atoms with Crippen molar-refractivity contribution in [1.82, 2.24) is 14.4 Å². The van der Waals surface area contributed by atoms with Gasteiger partial charge in [-0.3, -0.25) is 4.79 Å². The van der Waals surface area contributed by atoms with Gasteiger partial charge in [-0.2, -0.15) is 4.39 Å². The molecular weight excluding hydrogens is 381 g/mol. The predicted molar refractivity (Wildman–Crippen MR) is 106 cm³/mol. The van der Waals surface area contributed by atoms with Crippen LogP contribution in [0.4, 0.5) is 10.1 Å². The zero-order chi connectivity index (χ0) is 20.2. The maximum absolute atomic E-state index is 13.3. The fourth-order valence-corrected chi connectivity index (χ4v) is 3.93. The van der Waals surface area contributed by atoms with Crippen LogP contribution in [0.15, 0.2) is 29.9 Å². The summed E-state index contributed by atoms with van der Waals surface area (Å²) in [6, 6.07) is 3.37. The molecule has 0 aliphatic heterocycles. The van der Waals surface area contributed by atoms with Crippen LogP contribution in [0.1, 0.15) is 21.5 Å². The highest BCUT2D eigenvalue weighted by Gasteiger charge is 2.22. The van der Waals surface area contributed by atoms with Crippen LogP contribution in [0, 0.1) is 19.8 Å². The summed E-state index contributed by atoms with van der Waals surface area (Å²) in [4.78, 5) is 20.4. The minimum Gasteiger partial charge on any atom is -0.508 e. The molecule has 0 bridgehead atoms. The number of nitrogens with two attached hydrogens (primary N) is 2. The zero-order valence-corrected chi connectivity index (χ0v) is 15.8. The van der Waals surface area contributed by atoms with Crippen molar-refractivity contribution in [3.8, 4) is 27.6 Å². The van der Waals surface area contributed by atoms with Crippen molar-refractivity contribution in [3.63, 3.8) is 0 Å². The summed E-state index contributed by atoms with van der Waals surface area (Å²) in [6.45, 7) is 3.65. The number of carbonyl (C=O) groups is 1. The van der Waals surface area contributed by atoms with Crippen molar-refractivity contribution >= 4 is 28.6 Å². The molecule has 0 saturated heterocycles. The Morgan fingerprint density at radius 2 is 2.00 bits per heavy atom. The van der Waals surface area contributed by atoms with E-state index in [0.29, 0.717) is 27.4 Å². The number of aromatic nitrogens is 3. The van der Waals surface area contributed by atoms with Gasteiger partial charge in [0, 0.05) is 23.3 Å². The maximum atomic E-state index is 13.3. The van der Waals surface area contributed by atoms with Crippen molar-refractivity contribution < 1.29 is 14.3 Å². The van der Waals surface area contributed by atoms with E-state index in [-0.39, 0.29) is 22.6 Å². The molecule has 9 heteroatoms. The van der Waals surface area contributed by atoms with Gasteiger partial charge in [-0.1, -0.05) is 6.07 Å². The minimum atomic E-state index is -0.734. The van der Waals surface area contributed by atoms with Gasteiger partial charge >= 0.3 is 0 Å². The van der Waals surface area contributed by atoms with Gasteiger partial charge in [0.15, 0.2) is 5.65 Å². The molecule has 4 rings (SSSR count). The number of fused-ring (bicyclic) bond motifs is 1. The molecule has 28 heavy (non-hydrogen) atoms. The van der Waals surface area contributed by atoms with Crippen LogP contribution >= 0.6 is 11.3 Å². The fraction of sp³-hybridized carbons (Fsp3) is 0.105. The Bertz CT molecular complexity index is 1260. The number of anilines is 1. The number of hydrogen-bond acceptors (Lipinski definition) is 6. The smallest absolute Gasteiger partial charge is 0.254 e. The first-order valence-corrected chi connectivity index (χ1v) is 9.17. The lowest BCUT2D eigenvalue weighted by Crippen LogP contribution is -2.16. The van der Waals surface area contributed by atoms with Crippen molar-refractivity contribution in [2.24, 2.45) is 5.73 Å². The van der Waals surface area contributed by atoms with Gasteiger partial charge < -0.3 is 21.0 Å². The number of aromatic hydroxyl groups is 1. The van der Waals surface area contributed by atoms with Crippen LogP contribution in [-0.4, -0.2) is 25.4 Å². The third-order valence-corrected chi connectivity index (χ3v) is 5.48. The number of rotatable bonds is 3. The normalized spacial score (nSPS) is 11.2. The van der Waals surface area contributed by atoms with Crippen molar-refractivity contribution in [3.05, 3.63) is 52.5 Å². The highest BCUT2D eigenvalue weighted by atomic mass is 32.1. The molecule has 7 nitrogen and oxygen atoms in total. The Balaban J connectivity index is 2.06. The van der Waals surface area contributed by atoms with E-state index in [1.54, 1.807) is 35.9 Å². The number of phenols is 1. The summed E-state index contributed by atoms with van der Waals surface area (Å²) in [5, 5.41) is 11.8. The largest absolute Gasteiger partial charge is 0.508 e. The van der Waals surface area contributed by atoms with Crippen LogP contribution in [-0.2, 0) is 0 Å². The van der Waals surface area contributed by atoms with E-state index in [9.17, 15) is 14.3 Å². The lowest BCUT2D eigenvalue weighted by molar-refractivity contribution is 0.100. The SMILES string of the molecule is Cc1ccc(O)c(C)c1-c1cn2cc(-c3nc(F)cs3)nc2c(C(N)=O)c1N. The second-order valence-electron chi connectivity index (χ2n) is 6.43. The molecular formula is C19H16FN5O2S. The average Bonchev–Trinajstić information content (AvgIpc) is 3.24. The van der Waals surface area contributed by atoms with Crippen LogP contribution in [0.3, 0.4) is 0 Å². The summed E-state index contributed by atoms with van der Waals surface area (Å²) >= 11 is 1.10. The topological polar surface area (TPSA) is 120 Å². The lowest BCUT2D eigenvalue weighted by Gasteiger charge is -2.16. The number of imidazole rings is 1. The van der Waals surface area contributed by atoms with Gasteiger partial charge in [-0.25, -0.2) is 9.97 Å².